The standard InChI is InChI=1S/C25H26Cl2N6O4/c1-5-15(34)6-14-11-33(25(35)28-2)12-18(14)32-24-30-9-13-7-16(29-10-17(13)31-24)21-22(26)19(36-3)8-20(37-4)23(21)27/h5,7-10,14,18H,1,6,11-12H2,2-4H3,(H,28,35)(H,30,31,32)/t14-,18+/m0/s1. The van der Waals surface area contributed by atoms with E-state index >= 15 is 0 Å². The largest absolute Gasteiger partial charge is 0.495 e. The van der Waals surface area contributed by atoms with Crippen LogP contribution in [-0.4, -0.2) is 72.1 Å². The van der Waals surface area contributed by atoms with E-state index in [2.05, 4.69) is 32.2 Å². The molecular formula is C25H26Cl2N6O4. The lowest BCUT2D eigenvalue weighted by atomic mass is 9.97. The Bertz CT molecular complexity index is 1340. The van der Waals surface area contributed by atoms with Crippen LogP contribution in [-0.2, 0) is 4.79 Å². The van der Waals surface area contributed by atoms with Gasteiger partial charge in [0.1, 0.15) is 11.5 Å². The molecule has 0 spiro atoms. The van der Waals surface area contributed by atoms with E-state index in [4.69, 9.17) is 32.7 Å². The lowest BCUT2D eigenvalue weighted by Gasteiger charge is -2.19. The number of anilines is 1. The van der Waals surface area contributed by atoms with Gasteiger partial charge < -0.3 is 25.0 Å². The lowest BCUT2D eigenvalue weighted by molar-refractivity contribution is -0.115. The molecule has 4 rings (SSSR count). The summed E-state index contributed by atoms with van der Waals surface area (Å²) in [5.41, 5.74) is 1.56. The number of nitrogens with zero attached hydrogens (tertiary/aromatic N) is 4. The average molecular weight is 545 g/mol. The van der Waals surface area contributed by atoms with Gasteiger partial charge in [-0.2, -0.15) is 0 Å². The van der Waals surface area contributed by atoms with E-state index in [-0.39, 0.29) is 30.2 Å². The Morgan fingerprint density at radius 1 is 1.14 bits per heavy atom. The van der Waals surface area contributed by atoms with E-state index < -0.39 is 0 Å². The molecular weight excluding hydrogens is 519 g/mol. The second-order valence-electron chi connectivity index (χ2n) is 8.45. The van der Waals surface area contributed by atoms with Gasteiger partial charge in [-0.25, -0.2) is 14.8 Å². The number of nitrogens with one attached hydrogen (secondary N) is 2. The summed E-state index contributed by atoms with van der Waals surface area (Å²) in [5.74, 6) is 0.971. The second-order valence-corrected chi connectivity index (χ2v) is 9.21. The lowest BCUT2D eigenvalue weighted by Crippen LogP contribution is -2.37. The van der Waals surface area contributed by atoms with Crippen molar-refractivity contribution in [2.75, 3.05) is 39.7 Å². The number of aromatic nitrogens is 3. The topological polar surface area (TPSA) is 119 Å². The Morgan fingerprint density at radius 3 is 2.46 bits per heavy atom. The molecule has 1 aromatic carbocycles. The summed E-state index contributed by atoms with van der Waals surface area (Å²) in [6, 6.07) is 2.97. The third-order valence-electron chi connectivity index (χ3n) is 6.24. The molecule has 1 aliphatic heterocycles. The smallest absolute Gasteiger partial charge is 0.317 e. The number of carbonyl (C=O) groups excluding carboxylic acids is 2. The molecule has 1 fully saturated rings. The molecule has 0 unspecified atom stereocenters. The zero-order valence-corrected chi connectivity index (χ0v) is 22.1. The van der Waals surface area contributed by atoms with Crippen LogP contribution in [0.15, 0.2) is 37.2 Å². The van der Waals surface area contributed by atoms with Crippen LogP contribution in [0.25, 0.3) is 22.2 Å². The van der Waals surface area contributed by atoms with Gasteiger partial charge in [0.05, 0.1) is 47.7 Å². The number of hydrogen-bond donors (Lipinski definition) is 2. The first-order valence-electron chi connectivity index (χ1n) is 11.4. The molecule has 2 amide bonds. The van der Waals surface area contributed by atoms with E-state index in [0.717, 1.165) is 0 Å². The van der Waals surface area contributed by atoms with Crippen LogP contribution in [0.2, 0.25) is 10.0 Å². The number of ether oxygens (including phenoxy) is 2. The molecule has 12 heteroatoms. The first-order valence-corrected chi connectivity index (χ1v) is 12.2. The van der Waals surface area contributed by atoms with Crippen LogP contribution in [0.5, 0.6) is 11.5 Å². The van der Waals surface area contributed by atoms with Crippen LogP contribution in [0.4, 0.5) is 10.7 Å². The van der Waals surface area contributed by atoms with Crippen LogP contribution >= 0.6 is 23.2 Å². The van der Waals surface area contributed by atoms with Gasteiger partial charge >= 0.3 is 6.03 Å². The number of carbonyl (C=O) groups is 2. The van der Waals surface area contributed by atoms with Gasteiger partial charge in [-0.05, 0) is 12.1 Å². The molecule has 1 aliphatic rings. The van der Waals surface area contributed by atoms with Crippen molar-refractivity contribution in [2.24, 2.45) is 5.92 Å². The van der Waals surface area contributed by atoms with E-state index in [1.165, 1.54) is 20.3 Å². The number of rotatable bonds is 8. The Balaban J connectivity index is 1.63. The molecule has 2 N–H and O–H groups in total. The molecule has 0 bridgehead atoms. The normalized spacial score (nSPS) is 16.9. The summed E-state index contributed by atoms with van der Waals surface area (Å²) in [6.45, 7) is 4.39. The Hall–Kier alpha value is -3.63. The zero-order valence-electron chi connectivity index (χ0n) is 20.5. The fourth-order valence-electron chi connectivity index (χ4n) is 4.32. The second kappa shape index (κ2) is 11.2. The number of methoxy groups -OCH3 is 2. The minimum atomic E-state index is -0.215. The average Bonchev–Trinajstić information content (AvgIpc) is 3.30. The third-order valence-corrected chi connectivity index (χ3v) is 6.99. The van der Waals surface area contributed by atoms with Crippen molar-refractivity contribution in [2.45, 2.75) is 12.5 Å². The number of hydrogen-bond acceptors (Lipinski definition) is 8. The highest BCUT2D eigenvalue weighted by atomic mass is 35.5. The van der Waals surface area contributed by atoms with Crippen molar-refractivity contribution in [3.63, 3.8) is 0 Å². The van der Waals surface area contributed by atoms with Crippen molar-refractivity contribution < 1.29 is 19.1 Å². The van der Waals surface area contributed by atoms with Crippen LogP contribution < -0.4 is 20.1 Å². The van der Waals surface area contributed by atoms with Gasteiger partial charge in [-0.3, -0.25) is 9.78 Å². The van der Waals surface area contributed by atoms with E-state index in [1.807, 2.05) is 0 Å². The predicted octanol–water partition coefficient (Wildman–Crippen LogP) is 4.21. The molecule has 2 atom stereocenters. The Labute approximate surface area is 224 Å². The molecule has 194 valence electrons. The minimum absolute atomic E-state index is 0.0850. The molecule has 0 aliphatic carbocycles. The van der Waals surface area contributed by atoms with Crippen molar-refractivity contribution in [1.29, 1.82) is 0 Å². The molecule has 2 aromatic heterocycles. The molecule has 1 saturated heterocycles. The summed E-state index contributed by atoms with van der Waals surface area (Å²) in [7, 11) is 4.58. The fourth-order valence-corrected chi connectivity index (χ4v) is 5.02. The fraction of sp³-hybridized carbons (Fsp3) is 0.320. The molecule has 10 nitrogen and oxygen atoms in total. The van der Waals surface area contributed by atoms with Crippen molar-refractivity contribution in [3.05, 3.63) is 47.2 Å². The van der Waals surface area contributed by atoms with E-state index in [0.29, 0.717) is 62.7 Å². The summed E-state index contributed by atoms with van der Waals surface area (Å²) in [5, 5.41) is 7.23. The quantitative estimate of drug-likeness (QED) is 0.404. The molecule has 3 heterocycles. The molecule has 37 heavy (non-hydrogen) atoms. The van der Waals surface area contributed by atoms with Crippen molar-refractivity contribution >= 4 is 51.9 Å². The molecule has 0 saturated carbocycles. The maximum Gasteiger partial charge on any atom is 0.317 e. The van der Waals surface area contributed by atoms with Gasteiger partial charge in [0.25, 0.3) is 0 Å². The van der Waals surface area contributed by atoms with E-state index in [9.17, 15) is 9.59 Å². The van der Waals surface area contributed by atoms with Crippen LogP contribution in [0, 0.1) is 5.92 Å². The summed E-state index contributed by atoms with van der Waals surface area (Å²) in [6.07, 6.45) is 4.81. The summed E-state index contributed by atoms with van der Waals surface area (Å²) < 4.78 is 10.7. The number of amides is 2. The van der Waals surface area contributed by atoms with Crippen molar-refractivity contribution in [3.8, 4) is 22.8 Å². The SMILES string of the molecule is C=CC(=O)C[C@H]1CN(C(=O)NC)C[C@H]1Nc1ncc2cc(-c3c(Cl)c(OC)cc(OC)c3Cl)ncc2n1. The highest BCUT2D eigenvalue weighted by Gasteiger charge is 2.36. The molecule has 0 radical (unpaired) electrons. The number of ketones is 1. The highest BCUT2D eigenvalue weighted by molar-refractivity contribution is 6.41. The van der Waals surface area contributed by atoms with Gasteiger partial charge in [0.15, 0.2) is 5.78 Å². The van der Waals surface area contributed by atoms with Gasteiger partial charge in [0, 0.05) is 55.7 Å². The minimum Gasteiger partial charge on any atom is -0.495 e. The number of allylic oxidation sites excluding steroid dienone is 1. The number of likely N-dealkylation sites (tertiary alicyclic amines) is 1. The van der Waals surface area contributed by atoms with Gasteiger partial charge in [-0.15, -0.1) is 0 Å². The first kappa shape index (κ1) is 26.4. The van der Waals surface area contributed by atoms with Crippen molar-refractivity contribution in [1.82, 2.24) is 25.2 Å². The third kappa shape index (κ3) is 5.40. The maximum atomic E-state index is 12.2. The number of halogens is 2. The van der Waals surface area contributed by atoms with Gasteiger partial charge in [-0.1, -0.05) is 29.8 Å². The number of pyridine rings is 1. The molecule has 3 aromatic rings. The maximum absolute atomic E-state index is 12.2. The number of benzene rings is 1. The Kier molecular flexibility index (Phi) is 7.99. The predicted molar refractivity (Wildman–Crippen MR) is 143 cm³/mol. The first-order chi connectivity index (χ1) is 17.8. The Morgan fingerprint density at radius 2 is 1.84 bits per heavy atom. The van der Waals surface area contributed by atoms with Crippen LogP contribution in [0.1, 0.15) is 6.42 Å². The van der Waals surface area contributed by atoms with E-state index in [1.54, 1.807) is 36.5 Å². The number of fused-ring (bicyclic) bond motifs is 1. The summed E-state index contributed by atoms with van der Waals surface area (Å²) in [4.78, 5) is 39.4. The number of urea groups is 1. The summed E-state index contributed by atoms with van der Waals surface area (Å²) >= 11 is 13.1. The van der Waals surface area contributed by atoms with Crippen LogP contribution in [0.3, 0.4) is 0 Å². The highest BCUT2D eigenvalue weighted by Crippen LogP contribution is 2.45. The van der Waals surface area contributed by atoms with Gasteiger partial charge in [0.2, 0.25) is 5.95 Å². The zero-order chi connectivity index (χ0) is 26.7. The monoisotopic (exact) mass is 544 g/mol.